The molecule has 3 nitrogen and oxygen atoms in total. The second kappa shape index (κ2) is 7.62. The summed E-state index contributed by atoms with van der Waals surface area (Å²) in [7, 11) is 1.71. The van der Waals surface area contributed by atoms with Crippen molar-refractivity contribution in [2.24, 2.45) is 0 Å². The molecule has 2 aromatic rings. The summed E-state index contributed by atoms with van der Waals surface area (Å²) in [5, 5.41) is 9.91. The zero-order valence-corrected chi connectivity index (χ0v) is 13.7. The molecular formula is C20H25NO2. The number of methoxy groups -OCH3 is 1. The van der Waals surface area contributed by atoms with E-state index in [0.29, 0.717) is 5.92 Å². The average molecular weight is 311 g/mol. The Labute approximate surface area is 138 Å². The first-order valence-electron chi connectivity index (χ1n) is 8.35. The number of aliphatic hydroxyl groups is 1. The summed E-state index contributed by atoms with van der Waals surface area (Å²) < 4.78 is 5.36. The van der Waals surface area contributed by atoms with Crippen LogP contribution in [0.5, 0.6) is 5.75 Å². The Morgan fingerprint density at radius 1 is 1.17 bits per heavy atom. The number of ether oxygens (including phenoxy) is 1. The van der Waals surface area contributed by atoms with Gasteiger partial charge in [-0.05, 0) is 48.6 Å². The third-order valence-corrected chi connectivity index (χ3v) is 4.82. The van der Waals surface area contributed by atoms with Crippen molar-refractivity contribution in [1.29, 1.82) is 0 Å². The molecule has 1 aliphatic rings. The van der Waals surface area contributed by atoms with Gasteiger partial charge in [0, 0.05) is 6.54 Å². The molecule has 1 aliphatic heterocycles. The highest BCUT2D eigenvalue weighted by molar-refractivity contribution is 5.31. The number of rotatable bonds is 5. The molecule has 0 radical (unpaired) electrons. The molecule has 2 atom stereocenters. The van der Waals surface area contributed by atoms with Crippen molar-refractivity contribution in [2.75, 3.05) is 26.8 Å². The van der Waals surface area contributed by atoms with Gasteiger partial charge < -0.3 is 9.84 Å². The molecule has 0 spiro atoms. The minimum atomic E-state index is 0.0876. The van der Waals surface area contributed by atoms with Crippen molar-refractivity contribution in [3.8, 4) is 5.75 Å². The smallest absolute Gasteiger partial charge is 0.119 e. The van der Waals surface area contributed by atoms with E-state index in [1.807, 2.05) is 24.3 Å². The number of likely N-dealkylation sites (tertiary alicyclic amines) is 1. The molecule has 1 N–H and O–H groups in total. The van der Waals surface area contributed by atoms with Crippen LogP contribution in [0.15, 0.2) is 54.6 Å². The highest BCUT2D eigenvalue weighted by atomic mass is 16.5. The van der Waals surface area contributed by atoms with Gasteiger partial charge >= 0.3 is 0 Å². The molecule has 0 aromatic heterocycles. The van der Waals surface area contributed by atoms with Crippen molar-refractivity contribution in [1.82, 2.24) is 4.90 Å². The van der Waals surface area contributed by atoms with Crippen LogP contribution in [0.3, 0.4) is 0 Å². The topological polar surface area (TPSA) is 32.7 Å². The highest BCUT2D eigenvalue weighted by Gasteiger charge is 2.27. The lowest BCUT2D eigenvalue weighted by Crippen LogP contribution is -2.38. The Hall–Kier alpha value is -1.84. The SMILES string of the molecule is COc1cccc([C@H]2CCCN([C@H](CO)c3ccccc3)C2)c1. The lowest BCUT2D eigenvalue weighted by atomic mass is 9.89. The molecule has 3 rings (SSSR count). The van der Waals surface area contributed by atoms with Gasteiger partial charge in [0.2, 0.25) is 0 Å². The summed E-state index contributed by atoms with van der Waals surface area (Å²) >= 11 is 0. The largest absolute Gasteiger partial charge is 0.497 e. The number of benzene rings is 2. The van der Waals surface area contributed by atoms with E-state index in [4.69, 9.17) is 4.74 Å². The number of hydrogen-bond acceptors (Lipinski definition) is 3. The van der Waals surface area contributed by atoms with Gasteiger partial charge in [-0.2, -0.15) is 0 Å². The van der Waals surface area contributed by atoms with Crippen LogP contribution in [-0.2, 0) is 0 Å². The summed E-state index contributed by atoms with van der Waals surface area (Å²) in [4.78, 5) is 2.42. The fraction of sp³-hybridized carbons (Fsp3) is 0.400. The fourth-order valence-corrected chi connectivity index (χ4v) is 3.56. The molecule has 0 aliphatic carbocycles. The van der Waals surface area contributed by atoms with E-state index >= 15 is 0 Å². The van der Waals surface area contributed by atoms with Crippen molar-refractivity contribution in [3.63, 3.8) is 0 Å². The lowest BCUT2D eigenvalue weighted by Gasteiger charge is -2.38. The van der Waals surface area contributed by atoms with Crippen molar-refractivity contribution < 1.29 is 9.84 Å². The Balaban J connectivity index is 1.77. The first-order valence-corrected chi connectivity index (χ1v) is 8.35. The summed E-state index contributed by atoms with van der Waals surface area (Å²) in [5.41, 5.74) is 2.53. The first kappa shape index (κ1) is 16.0. The second-order valence-electron chi connectivity index (χ2n) is 6.22. The predicted octanol–water partition coefficient (Wildman–Crippen LogP) is 3.61. The zero-order chi connectivity index (χ0) is 16.1. The molecule has 0 unspecified atom stereocenters. The van der Waals surface area contributed by atoms with E-state index in [9.17, 15) is 5.11 Å². The maximum Gasteiger partial charge on any atom is 0.119 e. The summed E-state index contributed by atoms with van der Waals surface area (Å²) in [6.07, 6.45) is 2.35. The van der Waals surface area contributed by atoms with E-state index in [1.165, 1.54) is 17.5 Å². The number of piperidine rings is 1. The van der Waals surface area contributed by atoms with Gasteiger partial charge in [0.15, 0.2) is 0 Å². The summed E-state index contributed by atoms with van der Waals surface area (Å²) in [5.74, 6) is 1.41. The lowest BCUT2D eigenvalue weighted by molar-refractivity contribution is 0.0952. The molecule has 0 bridgehead atoms. The van der Waals surface area contributed by atoms with Crippen LogP contribution in [0.2, 0.25) is 0 Å². The third-order valence-electron chi connectivity index (χ3n) is 4.82. The highest BCUT2D eigenvalue weighted by Crippen LogP contribution is 2.33. The number of nitrogens with zero attached hydrogens (tertiary/aromatic N) is 1. The molecule has 0 amide bonds. The molecule has 3 heteroatoms. The monoisotopic (exact) mass is 311 g/mol. The Morgan fingerprint density at radius 3 is 2.74 bits per heavy atom. The quantitative estimate of drug-likeness (QED) is 0.915. The molecule has 1 heterocycles. The Bertz CT molecular complexity index is 614. The van der Waals surface area contributed by atoms with Crippen LogP contribution in [0.4, 0.5) is 0 Å². The van der Waals surface area contributed by atoms with Gasteiger partial charge in [-0.3, -0.25) is 4.90 Å². The van der Waals surface area contributed by atoms with Crippen molar-refractivity contribution in [3.05, 3.63) is 65.7 Å². The maximum absolute atomic E-state index is 9.91. The minimum absolute atomic E-state index is 0.0876. The van der Waals surface area contributed by atoms with Gasteiger partial charge in [0.25, 0.3) is 0 Å². The zero-order valence-electron chi connectivity index (χ0n) is 13.7. The molecule has 2 aromatic carbocycles. The van der Waals surface area contributed by atoms with Crippen LogP contribution in [-0.4, -0.2) is 36.8 Å². The number of hydrogen-bond donors (Lipinski definition) is 1. The van der Waals surface area contributed by atoms with Gasteiger partial charge in [-0.1, -0.05) is 42.5 Å². The van der Waals surface area contributed by atoms with E-state index in [2.05, 4.69) is 35.2 Å². The van der Waals surface area contributed by atoms with E-state index in [0.717, 1.165) is 25.3 Å². The van der Waals surface area contributed by atoms with Gasteiger partial charge in [-0.25, -0.2) is 0 Å². The van der Waals surface area contributed by atoms with Gasteiger partial charge in [0.05, 0.1) is 19.8 Å². The maximum atomic E-state index is 9.91. The molecule has 1 saturated heterocycles. The van der Waals surface area contributed by atoms with Crippen LogP contribution in [0, 0.1) is 0 Å². The molecular weight excluding hydrogens is 286 g/mol. The minimum Gasteiger partial charge on any atom is -0.497 e. The molecule has 23 heavy (non-hydrogen) atoms. The van der Waals surface area contributed by atoms with E-state index < -0.39 is 0 Å². The van der Waals surface area contributed by atoms with Crippen LogP contribution in [0.1, 0.15) is 35.9 Å². The standard InChI is InChI=1S/C20H25NO2/c1-23-19-11-5-9-17(13-19)18-10-6-12-21(14-18)20(15-22)16-7-3-2-4-8-16/h2-5,7-9,11,13,18,20,22H,6,10,12,14-15H2,1H3/t18-,20+/m0/s1. The van der Waals surface area contributed by atoms with Crippen LogP contribution in [0.25, 0.3) is 0 Å². The Kier molecular flexibility index (Phi) is 5.31. The van der Waals surface area contributed by atoms with Crippen LogP contribution < -0.4 is 4.74 Å². The fourth-order valence-electron chi connectivity index (χ4n) is 3.56. The van der Waals surface area contributed by atoms with Crippen LogP contribution >= 0.6 is 0 Å². The summed E-state index contributed by atoms with van der Waals surface area (Å²) in [6, 6.07) is 18.8. The Morgan fingerprint density at radius 2 is 2.00 bits per heavy atom. The first-order chi connectivity index (χ1) is 11.3. The summed E-state index contributed by atoms with van der Waals surface area (Å²) in [6.45, 7) is 2.18. The van der Waals surface area contributed by atoms with Crippen molar-refractivity contribution >= 4 is 0 Å². The molecule has 1 fully saturated rings. The van der Waals surface area contributed by atoms with E-state index in [1.54, 1.807) is 7.11 Å². The van der Waals surface area contributed by atoms with Crippen molar-refractivity contribution in [2.45, 2.75) is 24.8 Å². The molecule has 122 valence electrons. The normalized spacial score (nSPS) is 20.2. The average Bonchev–Trinajstić information content (AvgIpc) is 2.64. The van der Waals surface area contributed by atoms with E-state index in [-0.39, 0.29) is 12.6 Å². The van der Waals surface area contributed by atoms with Gasteiger partial charge in [0.1, 0.15) is 5.75 Å². The molecule has 0 saturated carbocycles. The van der Waals surface area contributed by atoms with Gasteiger partial charge in [-0.15, -0.1) is 0 Å². The predicted molar refractivity (Wildman–Crippen MR) is 92.8 cm³/mol. The second-order valence-corrected chi connectivity index (χ2v) is 6.22. The number of aliphatic hydroxyl groups excluding tert-OH is 1. The third kappa shape index (κ3) is 3.74.